The lowest BCUT2D eigenvalue weighted by Gasteiger charge is -2.18. The second-order valence-electron chi connectivity index (χ2n) is 9.01. The highest BCUT2D eigenvalue weighted by atomic mass is 32.1. The van der Waals surface area contributed by atoms with Gasteiger partial charge < -0.3 is 9.47 Å². The molecule has 0 spiro atoms. The minimum atomic E-state index is -0.751. The number of thiophene rings is 1. The smallest absolute Gasteiger partial charge is 0.263 e. The van der Waals surface area contributed by atoms with E-state index < -0.39 is 11.9 Å². The van der Waals surface area contributed by atoms with Crippen molar-refractivity contribution < 1.29 is 14.3 Å². The number of aryl methyl sites for hydroxylation is 1. The fourth-order valence-electron chi connectivity index (χ4n) is 4.22. The highest BCUT2D eigenvalue weighted by Crippen LogP contribution is 2.35. The van der Waals surface area contributed by atoms with Crippen LogP contribution >= 0.6 is 11.3 Å². The fourth-order valence-corrected chi connectivity index (χ4v) is 5.56. The maximum atomic E-state index is 13.3. The van der Waals surface area contributed by atoms with Gasteiger partial charge in [0.25, 0.3) is 11.5 Å². The maximum absolute atomic E-state index is 13.3. The van der Waals surface area contributed by atoms with E-state index in [-0.39, 0.29) is 5.56 Å². The van der Waals surface area contributed by atoms with Crippen LogP contribution in [0.15, 0.2) is 34.4 Å². The number of aromatic nitrogens is 2. The van der Waals surface area contributed by atoms with E-state index in [1.54, 1.807) is 31.4 Å². The molecule has 1 N–H and O–H groups in total. The van der Waals surface area contributed by atoms with E-state index in [9.17, 15) is 9.59 Å². The zero-order chi connectivity index (χ0) is 24.9. The van der Waals surface area contributed by atoms with Crippen molar-refractivity contribution in [1.82, 2.24) is 15.0 Å². The Morgan fingerprint density at radius 1 is 1.40 bits per heavy atom. The normalized spacial score (nSPS) is 16.3. The van der Waals surface area contributed by atoms with E-state index in [4.69, 9.17) is 9.47 Å². The number of methoxy groups -OCH3 is 1. The Kier molecular flexibility index (Phi) is 7.85. The predicted molar refractivity (Wildman–Crippen MR) is 139 cm³/mol. The largest absolute Gasteiger partial charge is 0.493 e. The number of nitrogens with one attached hydrogen (secondary N) is 1. The first-order valence-electron chi connectivity index (χ1n) is 12.1. The molecule has 1 aliphatic rings. The number of unbranched alkanes of at least 4 members (excludes halogenated alkanes) is 1. The third-order valence-corrected chi connectivity index (χ3v) is 7.53. The molecule has 186 valence electrons. The van der Waals surface area contributed by atoms with Gasteiger partial charge in [-0.1, -0.05) is 20.3 Å². The monoisotopic (exact) mass is 496 g/mol. The number of nitrogens with zero attached hydrogens (tertiary/aromatic N) is 3. The summed E-state index contributed by atoms with van der Waals surface area (Å²) in [5, 5.41) is 4.74. The first kappa shape index (κ1) is 24.9. The summed E-state index contributed by atoms with van der Waals surface area (Å²) in [6, 6.07) is 4.71. The summed E-state index contributed by atoms with van der Waals surface area (Å²) in [5.41, 5.74) is 4.22. The summed E-state index contributed by atoms with van der Waals surface area (Å²) in [4.78, 5) is 32.5. The lowest BCUT2D eigenvalue weighted by molar-refractivity contribution is -0.123. The molecule has 2 atom stereocenters. The summed E-state index contributed by atoms with van der Waals surface area (Å²) >= 11 is 1.60. The molecule has 0 saturated heterocycles. The van der Waals surface area contributed by atoms with Crippen molar-refractivity contribution in [1.29, 1.82) is 0 Å². The lowest BCUT2D eigenvalue weighted by Crippen LogP contribution is -2.34. The molecular formula is C26H32N4O4S. The average Bonchev–Trinajstić information content (AvgIpc) is 3.22. The minimum absolute atomic E-state index is 0.169. The first-order valence-corrected chi connectivity index (χ1v) is 12.9. The second kappa shape index (κ2) is 11.0. The van der Waals surface area contributed by atoms with Gasteiger partial charge in [-0.3, -0.25) is 14.2 Å². The number of carbonyl (C=O) groups excluding carboxylic acids is 1. The molecular weight excluding hydrogens is 464 g/mol. The highest BCUT2D eigenvalue weighted by Gasteiger charge is 2.25. The number of rotatable bonds is 9. The lowest BCUT2D eigenvalue weighted by atomic mass is 9.89. The molecule has 0 aliphatic heterocycles. The topological polar surface area (TPSA) is 94.8 Å². The molecule has 0 bridgehead atoms. The summed E-state index contributed by atoms with van der Waals surface area (Å²) in [7, 11) is 1.58. The number of benzene rings is 1. The Bertz CT molecular complexity index is 1300. The highest BCUT2D eigenvalue weighted by molar-refractivity contribution is 7.18. The molecule has 4 rings (SSSR count). The Morgan fingerprint density at radius 3 is 3.00 bits per heavy atom. The van der Waals surface area contributed by atoms with Gasteiger partial charge in [0.2, 0.25) is 0 Å². The van der Waals surface area contributed by atoms with Gasteiger partial charge in [0.05, 0.1) is 31.6 Å². The Balaban J connectivity index is 1.46. The van der Waals surface area contributed by atoms with Gasteiger partial charge in [-0.2, -0.15) is 5.10 Å². The molecule has 3 aromatic rings. The summed E-state index contributed by atoms with van der Waals surface area (Å²) < 4.78 is 12.5. The molecule has 1 aromatic carbocycles. The maximum Gasteiger partial charge on any atom is 0.263 e. The van der Waals surface area contributed by atoms with Crippen molar-refractivity contribution in [3.05, 3.63) is 50.9 Å². The van der Waals surface area contributed by atoms with Crippen molar-refractivity contribution in [2.24, 2.45) is 11.0 Å². The van der Waals surface area contributed by atoms with Gasteiger partial charge >= 0.3 is 0 Å². The quantitative estimate of drug-likeness (QED) is 0.268. The van der Waals surface area contributed by atoms with Gasteiger partial charge in [0.15, 0.2) is 11.5 Å². The van der Waals surface area contributed by atoms with Crippen LogP contribution in [-0.4, -0.2) is 35.4 Å². The predicted octanol–water partition coefficient (Wildman–Crippen LogP) is 4.48. The number of amides is 1. The third kappa shape index (κ3) is 5.40. The number of carbonyl (C=O) groups is 1. The van der Waals surface area contributed by atoms with Crippen molar-refractivity contribution in [2.75, 3.05) is 13.7 Å². The zero-order valence-corrected chi connectivity index (χ0v) is 21.5. The van der Waals surface area contributed by atoms with Crippen LogP contribution in [0, 0.1) is 5.92 Å². The molecule has 2 heterocycles. The molecule has 35 heavy (non-hydrogen) atoms. The first-order chi connectivity index (χ1) is 16.9. The molecule has 0 saturated carbocycles. The summed E-state index contributed by atoms with van der Waals surface area (Å²) in [5.74, 6) is 1.49. The minimum Gasteiger partial charge on any atom is -0.493 e. The van der Waals surface area contributed by atoms with Gasteiger partial charge in [-0.15, -0.1) is 11.3 Å². The SMILES string of the molecule is CCCCOc1ccc(C=NNC(=O)[C@H](C)n2cnc3sc4c(c3c2=O)CC[C@H](C)C4)cc1OC. The summed E-state index contributed by atoms with van der Waals surface area (Å²) in [6.45, 7) is 6.64. The molecule has 8 nitrogen and oxygen atoms in total. The average molecular weight is 497 g/mol. The Labute approximate surface area is 209 Å². The van der Waals surface area contributed by atoms with E-state index in [0.717, 1.165) is 48.1 Å². The Hall–Kier alpha value is -3.20. The van der Waals surface area contributed by atoms with Crippen molar-refractivity contribution in [2.45, 2.75) is 58.9 Å². The van der Waals surface area contributed by atoms with Gasteiger partial charge in [-0.25, -0.2) is 10.4 Å². The fraction of sp³-hybridized carbons (Fsp3) is 0.462. The van der Waals surface area contributed by atoms with Gasteiger partial charge in [-0.05, 0) is 67.9 Å². The summed E-state index contributed by atoms with van der Waals surface area (Å²) in [6.07, 6.45) is 7.95. The standard InChI is InChI=1S/C26H32N4O4S/c1-5-6-11-34-20-10-8-18(13-21(20)33-4)14-28-29-24(31)17(3)30-15-27-25-23(26(30)32)19-9-7-16(2)12-22(19)35-25/h8,10,13-17H,5-7,9,11-12H2,1-4H3,(H,29,31)/t16-,17-/m0/s1. The van der Waals surface area contributed by atoms with Crippen LogP contribution in [0.2, 0.25) is 0 Å². The van der Waals surface area contributed by atoms with Crippen LogP contribution in [-0.2, 0) is 17.6 Å². The zero-order valence-electron chi connectivity index (χ0n) is 20.7. The van der Waals surface area contributed by atoms with Crippen LogP contribution in [0.25, 0.3) is 10.2 Å². The van der Waals surface area contributed by atoms with E-state index >= 15 is 0 Å². The molecule has 1 aliphatic carbocycles. The van der Waals surface area contributed by atoms with E-state index in [1.165, 1.54) is 22.0 Å². The molecule has 9 heteroatoms. The third-order valence-electron chi connectivity index (χ3n) is 6.37. The van der Waals surface area contributed by atoms with Crippen molar-refractivity contribution in [3.63, 3.8) is 0 Å². The molecule has 2 aromatic heterocycles. The number of ether oxygens (including phenoxy) is 2. The van der Waals surface area contributed by atoms with E-state index in [1.807, 2.05) is 12.1 Å². The molecule has 0 radical (unpaired) electrons. The molecule has 0 fully saturated rings. The van der Waals surface area contributed by atoms with Crippen LogP contribution in [0.3, 0.4) is 0 Å². The van der Waals surface area contributed by atoms with Crippen LogP contribution in [0.4, 0.5) is 0 Å². The number of hydrogen-bond acceptors (Lipinski definition) is 7. The Morgan fingerprint density at radius 2 is 2.23 bits per heavy atom. The van der Waals surface area contributed by atoms with E-state index in [0.29, 0.717) is 29.4 Å². The van der Waals surface area contributed by atoms with Crippen molar-refractivity contribution >= 4 is 33.7 Å². The second-order valence-corrected chi connectivity index (χ2v) is 10.1. The van der Waals surface area contributed by atoms with E-state index in [2.05, 4.69) is 29.4 Å². The number of fused-ring (bicyclic) bond motifs is 3. The number of hydrogen-bond donors (Lipinski definition) is 1. The number of hydrazone groups is 1. The van der Waals surface area contributed by atoms with Gasteiger partial charge in [0.1, 0.15) is 10.9 Å². The van der Waals surface area contributed by atoms with Crippen molar-refractivity contribution in [3.8, 4) is 11.5 Å². The van der Waals surface area contributed by atoms with Crippen LogP contribution < -0.4 is 20.5 Å². The molecule has 1 amide bonds. The van der Waals surface area contributed by atoms with Crippen LogP contribution in [0.1, 0.15) is 62.1 Å². The molecule has 0 unspecified atom stereocenters. The van der Waals surface area contributed by atoms with Crippen LogP contribution in [0.5, 0.6) is 11.5 Å². The van der Waals surface area contributed by atoms with Gasteiger partial charge in [0, 0.05) is 4.88 Å².